The van der Waals surface area contributed by atoms with Crippen molar-refractivity contribution in [2.75, 3.05) is 58.8 Å². The Morgan fingerprint density at radius 3 is 2.60 bits per heavy atom. The number of rotatable bonds is 6. The van der Waals surface area contributed by atoms with Crippen molar-refractivity contribution in [1.29, 1.82) is 0 Å². The molecule has 20 heavy (non-hydrogen) atoms. The fourth-order valence-corrected chi connectivity index (χ4v) is 2.45. The average Bonchev–Trinajstić information content (AvgIpc) is 2.47. The number of piperazine rings is 1. The molecule has 0 atom stereocenters. The molecular weight excluding hydrogens is 252 g/mol. The van der Waals surface area contributed by atoms with Gasteiger partial charge in [0.25, 0.3) is 0 Å². The molecule has 1 aromatic heterocycles. The highest BCUT2D eigenvalue weighted by atomic mass is 15.3. The number of likely N-dealkylation sites (N-methyl/N-ethyl adjacent to an activating group) is 1. The zero-order valence-corrected chi connectivity index (χ0v) is 12.5. The molecule has 0 saturated carbocycles. The third-order valence-electron chi connectivity index (χ3n) is 3.75. The minimum atomic E-state index is 0.780. The number of hydrogen-bond acceptors (Lipinski definition) is 6. The van der Waals surface area contributed by atoms with Crippen LogP contribution in [-0.4, -0.2) is 73.0 Å². The molecule has 6 nitrogen and oxygen atoms in total. The van der Waals surface area contributed by atoms with E-state index >= 15 is 0 Å². The van der Waals surface area contributed by atoms with Crippen molar-refractivity contribution < 1.29 is 0 Å². The Morgan fingerprint density at radius 1 is 1.25 bits per heavy atom. The molecule has 2 heterocycles. The first-order valence-corrected chi connectivity index (χ1v) is 7.19. The molecule has 1 aromatic rings. The van der Waals surface area contributed by atoms with Crippen LogP contribution in [0.4, 0.5) is 5.82 Å². The number of anilines is 1. The molecule has 6 heteroatoms. The fraction of sp³-hybridized carbons (Fsp3) is 0.643. The maximum Gasteiger partial charge on any atom is 0.144 e. The van der Waals surface area contributed by atoms with Crippen LogP contribution in [0.25, 0.3) is 0 Å². The third kappa shape index (κ3) is 4.42. The molecule has 1 saturated heterocycles. The quantitative estimate of drug-likeness (QED) is 0.566. The van der Waals surface area contributed by atoms with Crippen LogP contribution in [-0.2, 0) is 6.54 Å². The summed E-state index contributed by atoms with van der Waals surface area (Å²) in [6.45, 7) is 7.68. The van der Waals surface area contributed by atoms with Gasteiger partial charge in [-0.3, -0.25) is 9.80 Å². The van der Waals surface area contributed by atoms with Gasteiger partial charge in [-0.25, -0.2) is 10.8 Å². The summed E-state index contributed by atoms with van der Waals surface area (Å²) >= 11 is 0. The second-order valence-electron chi connectivity index (χ2n) is 5.58. The summed E-state index contributed by atoms with van der Waals surface area (Å²) in [5.74, 6) is 6.28. The Labute approximate surface area is 121 Å². The lowest BCUT2D eigenvalue weighted by Crippen LogP contribution is -2.47. The Balaban J connectivity index is 1.79. The van der Waals surface area contributed by atoms with Crippen LogP contribution in [0.15, 0.2) is 18.3 Å². The van der Waals surface area contributed by atoms with Crippen molar-refractivity contribution in [3.63, 3.8) is 0 Å². The minimum absolute atomic E-state index is 0.780. The van der Waals surface area contributed by atoms with E-state index in [-0.39, 0.29) is 0 Å². The van der Waals surface area contributed by atoms with Crippen LogP contribution in [0.5, 0.6) is 0 Å². The second kappa shape index (κ2) is 7.54. The first kappa shape index (κ1) is 15.2. The number of hydrazine groups is 1. The summed E-state index contributed by atoms with van der Waals surface area (Å²) in [7, 11) is 4.25. The van der Waals surface area contributed by atoms with Gasteiger partial charge in [0.15, 0.2) is 0 Å². The Bertz CT molecular complexity index is 400. The number of pyridine rings is 1. The maximum atomic E-state index is 5.50. The molecule has 0 spiro atoms. The minimum Gasteiger partial charge on any atom is -0.308 e. The average molecular weight is 278 g/mol. The van der Waals surface area contributed by atoms with Gasteiger partial charge in [0, 0.05) is 57.6 Å². The van der Waals surface area contributed by atoms with Crippen molar-refractivity contribution in [2.45, 2.75) is 6.54 Å². The highest BCUT2D eigenvalue weighted by Crippen LogP contribution is 2.14. The molecule has 1 aliphatic rings. The number of nitrogen functional groups attached to an aromatic ring is 1. The van der Waals surface area contributed by atoms with Gasteiger partial charge in [0.1, 0.15) is 5.82 Å². The second-order valence-corrected chi connectivity index (χ2v) is 5.58. The SMILES string of the molecule is CN(C)CCN1CCN(Cc2cccnc2NN)CC1. The first-order valence-electron chi connectivity index (χ1n) is 7.19. The van der Waals surface area contributed by atoms with E-state index in [1.165, 1.54) is 0 Å². The summed E-state index contributed by atoms with van der Waals surface area (Å²) in [5.41, 5.74) is 3.84. The zero-order chi connectivity index (χ0) is 14.4. The van der Waals surface area contributed by atoms with Crippen LogP contribution < -0.4 is 11.3 Å². The van der Waals surface area contributed by atoms with Crippen LogP contribution in [0.3, 0.4) is 0 Å². The Morgan fingerprint density at radius 2 is 1.95 bits per heavy atom. The lowest BCUT2D eigenvalue weighted by atomic mass is 10.2. The number of nitrogens with one attached hydrogen (secondary N) is 1. The number of nitrogens with zero attached hydrogens (tertiary/aromatic N) is 4. The predicted molar refractivity (Wildman–Crippen MR) is 82.3 cm³/mol. The van der Waals surface area contributed by atoms with E-state index < -0.39 is 0 Å². The molecule has 0 unspecified atom stereocenters. The van der Waals surface area contributed by atoms with E-state index in [9.17, 15) is 0 Å². The molecule has 1 aliphatic heterocycles. The van der Waals surface area contributed by atoms with Crippen LogP contribution in [0, 0.1) is 0 Å². The molecule has 3 N–H and O–H groups in total. The lowest BCUT2D eigenvalue weighted by molar-refractivity contribution is 0.120. The van der Waals surface area contributed by atoms with Crippen LogP contribution in [0.1, 0.15) is 5.56 Å². The number of aromatic nitrogens is 1. The highest BCUT2D eigenvalue weighted by molar-refractivity contribution is 5.42. The van der Waals surface area contributed by atoms with Crippen molar-refractivity contribution in [3.8, 4) is 0 Å². The van der Waals surface area contributed by atoms with E-state index in [0.29, 0.717) is 0 Å². The molecule has 0 radical (unpaired) electrons. The van der Waals surface area contributed by atoms with Gasteiger partial charge in [-0.1, -0.05) is 6.07 Å². The Hall–Kier alpha value is -1.21. The van der Waals surface area contributed by atoms with Gasteiger partial charge in [-0.2, -0.15) is 0 Å². The molecular formula is C14H26N6. The van der Waals surface area contributed by atoms with Crippen LogP contribution in [0.2, 0.25) is 0 Å². The topological polar surface area (TPSA) is 60.7 Å². The number of nitrogens with two attached hydrogens (primary N) is 1. The van der Waals surface area contributed by atoms with E-state index in [2.05, 4.69) is 45.3 Å². The number of hydrogen-bond donors (Lipinski definition) is 2. The molecule has 0 bridgehead atoms. The van der Waals surface area contributed by atoms with Gasteiger partial charge in [0.05, 0.1) is 0 Å². The molecule has 0 amide bonds. The van der Waals surface area contributed by atoms with E-state index in [1.54, 1.807) is 6.20 Å². The van der Waals surface area contributed by atoms with Crippen molar-refractivity contribution in [3.05, 3.63) is 23.9 Å². The van der Waals surface area contributed by atoms with E-state index in [1.807, 2.05) is 6.07 Å². The van der Waals surface area contributed by atoms with E-state index in [0.717, 1.165) is 57.2 Å². The molecule has 0 aliphatic carbocycles. The molecule has 0 aromatic carbocycles. The van der Waals surface area contributed by atoms with Gasteiger partial charge >= 0.3 is 0 Å². The molecule has 2 rings (SSSR count). The summed E-state index contributed by atoms with van der Waals surface area (Å²) < 4.78 is 0. The smallest absolute Gasteiger partial charge is 0.144 e. The zero-order valence-electron chi connectivity index (χ0n) is 12.5. The summed E-state index contributed by atoms with van der Waals surface area (Å²) in [6.07, 6.45) is 1.76. The third-order valence-corrected chi connectivity index (χ3v) is 3.75. The van der Waals surface area contributed by atoms with Gasteiger partial charge in [-0.05, 0) is 20.2 Å². The van der Waals surface area contributed by atoms with Crippen molar-refractivity contribution in [1.82, 2.24) is 19.7 Å². The predicted octanol–water partition coefficient (Wildman–Crippen LogP) is 0.0464. The van der Waals surface area contributed by atoms with Crippen molar-refractivity contribution >= 4 is 5.82 Å². The van der Waals surface area contributed by atoms with E-state index in [4.69, 9.17) is 5.84 Å². The monoisotopic (exact) mass is 278 g/mol. The van der Waals surface area contributed by atoms with Gasteiger partial charge in [-0.15, -0.1) is 0 Å². The lowest BCUT2D eigenvalue weighted by Gasteiger charge is -2.35. The molecule has 112 valence electrons. The standard InChI is InChI=1S/C14H26N6/c1-18(2)6-7-19-8-10-20(11-9-19)12-13-4-3-5-16-14(13)17-15/h3-5H,6-12,15H2,1-2H3,(H,16,17). The van der Waals surface area contributed by atoms with Gasteiger partial charge < -0.3 is 10.3 Å². The largest absolute Gasteiger partial charge is 0.308 e. The van der Waals surface area contributed by atoms with Crippen molar-refractivity contribution in [2.24, 2.45) is 5.84 Å². The summed E-state index contributed by atoms with van der Waals surface area (Å²) in [6, 6.07) is 4.05. The maximum absolute atomic E-state index is 5.50. The normalized spacial score (nSPS) is 17.6. The summed E-state index contributed by atoms with van der Waals surface area (Å²) in [4.78, 5) is 11.5. The first-order chi connectivity index (χ1) is 9.69. The van der Waals surface area contributed by atoms with Crippen LogP contribution >= 0.6 is 0 Å². The summed E-state index contributed by atoms with van der Waals surface area (Å²) in [5, 5.41) is 0. The Kier molecular flexibility index (Phi) is 5.72. The highest BCUT2D eigenvalue weighted by Gasteiger charge is 2.17. The molecule has 1 fully saturated rings. The fourth-order valence-electron chi connectivity index (χ4n) is 2.45. The van der Waals surface area contributed by atoms with Gasteiger partial charge in [0.2, 0.25) is 0 Å².